The van der Waals surface area contributed by atoms with Crippen LogP contribution < -0.4 is 0 Å². The van der Waals surface area contributed by atoms with Gasteiger partial charge in [0, 0.05) is 12.5 Å². The minimum Gasteiger partial charge on any atom is -0.440 e. The molecule has 2 rings (SSSR count). The second-order valence-electron chi connectivity index (χ2n) is 2.70. The standard InChI is InChI=1S/C9H7BrFNO/c1-2-8-12-7-4-5(11)3-6(10)9(7)13-8/h3-4H,2H2,1H3. The molecular weight excluding hydrogens is 237 g/mol. The van der Waals surface area contributed by atoms with E-state index in [1.54, 1.807) is 0 Å². The molecule has 1 heterocycles. The van der Waals surface area contributed by atoms with E-state index < -0.39 is 0 Å². The Morgan fingerprint density at radius 1 is 1.54 bits per heavy atom. The van der Waals surface area contributed by atoms with Gasteiger partial charge >= 0.3 is 0 Å². The van der Waals surface area contributed by atoms with Gasteiger partial charge in [-0.05, 0) is 22.0 Å². The topological polar surface area (TPSA) is 26.0 Å². The molecule has 2 nitrogen and oxygen atoms in total. The zero-order valence-electron chi connectivity index (χ0n) is 6.97. The number of oxazole rings is 1. The highest BCUT2D eigenvalue weighted by atomic mass is 79.9. The first-order valence-electron chi connectivity index (χ1n) is 3.95. The van der Waals surface area contributed by atoms with E-state index in [4.69, 9.17) is 4.42 Å². The number of rotatable bonds is 1. The van der Waals surface area contributed by atoms with Crippen LogP contribution in [0.3, 0.4) is 0 Å². The average molecular weight is 244 g/mol. The highest BCUT2D eigenvalue weighted by Crippen LogP contribution is 2.26. The maximum absolute atomic E-state index is 12.9. The smallest absolute Gasteiger partial charge is 0.195 e. The maximum atomic E-state index is 12.9. The van der Waals surface area contributed by atoms with Crippen molar-refractivity contribution >= 4 is 27.0 Å². The van der Waals surface area contributed by atoms with Crippen molar-refractivity contribution in [1.29, 1.82) is 0 Å². The Hall–Kier alpha value is -0.900. The van der Waals surface area contributed by atoms with Crippen molar-refractivity contribution in [3.05, 3.63) is 28.3 Å². The van der Waals surface area contributed by atoms with Crippen molar-refractivity contribution in [2.75, 3.05) is 0 Å². The Bertz CT molecular complexity index is 452. The first-order valence-corrected chi connectivity index (χ1v) is 4.74. The highest BCUT2D eigenvalue weighted by molar-refractivity contribution is 9.10. The van der Waals surface area contributed by atoms with Crippen molar-refractivity contribution in [3.8, 4) is 0 Å². The van der Waals surface area contributed by atoms with Crippen molar-refractivity contribution in [1.82, 2.24) is 4.98 Å². The zero-order valence-corrected chi connectivity index (χ0v) is 8.56. The van der Waals surface area contributed by atoms with E-state index in [2.05, 4.69) is 20.9 Å². The van der Waals surface area contributed by atoms with Gasteiger partial charge in [-0.15, -0.1) is 0 Å². The quantitative estimate of drug-likeness (QED) is 0.769. The maximum Gasteiger partial charge on any atom is 0.195 e. The molecule has 0 unspecified atom stereocenters. The third-order valence-corrected chi connectivity index (χ3v) is 2.35. The molecule has 0 aliphatic rings. The number of halogens is 2. The second kappa shape index (κ2) is 3.10. The fraction of sp³-hybridized carbons (Fsp3) is 0.222. The van der Waals surface area contributed by atoms with Gasteiger partial charge in [0.1, 0.15) is 11.3 Å². The normalized spacial score (nSPS) is 11.0. The lowest BCUT2D eigenvalue weighted by Crippen LogP contribution is -1.77. The lowest BCUT2D eigenvalue weighted by molar-refractivity contribution is 0.536. The molecule has 1 aromatic heterocycles. The summed E-state index contributed by atoms with van der Waals surface area (Å²) in [6.07, 6.45) is 0.711. The predicted octanol–water partition coefficient (Wildman–Crippen LogP) is 3.29. The lowest BCUT2D eigenvalue weighted by atomic mass is 10.3. The Balaban J connectivity index is 2.75. The fourth-order valence-electron chi connectivity index (χ4n) is 1.16. The van der Waals surface area contributed by atoms with Gasteiger partial charge in [-0.3, -0.25) is 0 Å². The molecule has 0 amide bonds. The van der Waals surface area contributed by atoms with E-state index >= 15 is 0 Å². The largest absolute Gasteiger partial charge is 0.440 e. The van der Waals surface area contributed by atoms with E-state index in [1.165, 1.54) is 12.1 Å². The van der Waals surface area contributed by atoms with Gasteiger partial charge in [0.05, 0.1) is 4.47 Å². The van der Waals surface area contributed by atoms with Crippen molar-refractivity contribution in [3.63, 3.8) is 0 Å². The monoisotopic (exact) mass is 243 g/mol. The average Bonchev–Trinajstić information content (AvgIpc) is 2.47. The van der Waals surface area contributed by atoms with Crippen LogP contribution in [-0.2, 0) is 6.42 Å². The number of fused-ring (bicyclic) bond motifs is 1. The van der Waals surface area contributed by atoms with E-state index in [0.29, 0.717) is 27.9 Å². The summed E-state index contributed by atoms with van der Waals surface area (Å²) in [5.41, 5.74) is 1.17. The molecule has 0 fully saturated rings. The third-order valence-electron chi connectivity index (χ3n) is 1.76. The van der Waals surface area contributed by atoms with Gasteiger partial charge in [0.2, 0.25) is 0 Å². The molecule has 13 heavy (non-hydrogen) atoms. The molecular formula is C9H7BrFNO. The van der Waals surface area contributed by atoms with Crippen LogP contribution in [0, 0.1) is 5.82 Å². The zero-order chi connectivity index (χ0) is 9.42. The van der Waals surface area contributed by atoms with Crippen LogP contribution in [0.25, 0.3) is 11.1 Å². The summed E-state index contributed by atoms with van der Waals surface area (Å²) in [6.45, 7) is 1.94. The molecule has 0 N–H and O–H groups in total. The number of aromatic nitrogens is 1. The van der Waals surface area contributed by atoms with Crippen LogP contribution in [0.2, 0.25) is 0 Å². The van der Waals surface area contributed by atoms with Crippen LogP contribution >= 0.6 is 15.9 Å². The molecule has 0 aliphatic carbocycles. The molecule has 0 aliphatic heterocycles. The molecule has 0 bridgehead atoms. The highest BCUT2D eigenvalue weighted by Gasteiger charge is 2.08. The van der Waals surface area contributed by atoms with Crippen molar-refractivity contribution in [2.45, 2.75) is 13.3 Å². The van der Waals surface area contributed by atoms with Gasteiger partial charge in [-0.2, -0.15) is 0 Å². The summed E-state index contributed by atoms with van der Waals surface area (Å²) in [7, 11) is 0. The molecule has 0 atom stereocenters. The van der Waals surface area contributed by atoms with Gasteiger partial charge in [-0.25, -0.2) is 9.37 Å². The molecule has 2 aromatic rings. The van der Waals surface area contributed by atoms with E-state index in [-0.39, 0.29) is 5.82 Å². The summed E-state index contributed by atoms with van der Waals surface area (Å²) in [5, 5.41) is 0. The number of hydrogen-bond acceptors (Lipinski definition) is 2. The molecule has 0 radical (unpaired) electrons. The van der Waals surface area contributed by atoms with Gasteiger partial charge in [-0.1, -0.05) is 6.92 Å². The first kappa shape index (κ1) is 8.69. The van der Waals surface area contributed by atoms with Gasteiger partial charge in [0.25, 0.3) is 0 Å². The van der Waals surface area contributed by atoms with Crippen LogP contribution in [0.5, 0.6) is 0 Å². The van der Waals surface area contributed by atoms with Crippen molar-refractivity contribution < 1.29 is 8.81 Å². The summed E-state index contributed by atoms with van der Waals surface area (Å²) in [4.78, 5) is 4.12. The fourth-order valence-corrected chi connectivity index (χ4v) is 1.66. The summed E-state index contributed by atoms with van der Waals surface area (Å²) >= 11 is 3.22. The van der Waals surface area contributed by atoms with E-state index in [0.717, 1.165) is 0 Å². The number of benzene rings is 1. The number of hydrogen-bond donors (Lipinski definition) is 0. The molecule has 0 saturated heterocycles. The van der Waals surface area contributed by atoms with Crippen LogP contribution in [0.1, 0.15) is 12.8 Å². The van der Waals surface area contributed by atoms with Crippen LogP contribution in [-0.4, -0.2) is 4.98 Å². The summed E-state index contributed by atoms with van der Waals surface area (Å²) < 4.78 is 18.9. The van der Waals surface area contributed by atoms with Gasteiger partial charge in [0.15, 0.2) is 11.5 Å². The van der Waals surface area contributed by atoms with Crippen LogP contribution in [0.15, 0.2) is 21.0 Å². The minimum absolute atomic E-state index is 0.310. The molecule has 0 spiro atoms. The van der Waals surface area contributed by atoms with Crippen molar-refractivity contribution in [2.24, 2.45) is 0 Å². The van der Waals surface area contributed by atoms with Gasteiger partial charge < -0.3 is 4.42 Å². The minimum atomic E-state index is -0.310. The first-order chi connectivity index (χ1) is 6.20. The Morgan fingerprint density at radius 2 is 2.31 bits per heavy atom. The molecule has 4 heteroatoms. The Labute approximate surface area is 82.9 Å². The number of aryl methyl sites for hydroxylation is 1. The van der Waals surface area contributed by atoms with Crippen LogP contribution in [0.4, 0.5) is 4.39 Å². The SMILES string of the molecule is CCc1nc2cc(F)cc(Br)c2o1. The summed E-state index contributed by atoms with van der Waals surface area (Å²) in [6, 6.07) is 2.73. The van der Waals surface area contributed by atoms with E-state index in [9.17, 15) is 4.39 Å². The third kappa shape index (κ3) is 1.46. The molecule has 0 saturated carbocycles. The Morgan fingerprint density at radius 3 is 3.00 bits per heavy atom. The lowest BCUT2D eigenvalue weighted by Gasteiger charge is -1.90. The van der Waals surface area contributed by atoms with E-state index in [1.807, 2.05) is 6.92 Å². The number of nitrogens with zero attached hydrogens (tertiary/aromatic N) is 1. The molecule has 1 aromatic carbocycles. The Kier molecular flexibility index (Phi) is 2.07. The summed E-state index contributed by atoms with van der Waals surface area (Å²) in [5.74, 6) is 0.316. The predicted molar refractivity (Wildman–Crippen MR) is 51.0 cm³/mol. The molecule has 68 valence electrons. The second-order valence-corrected chi connectivity index (χ2v) is 3.55.